The third-order valence-corrected chi connectivity index (χ3v) is 9.54. The fourth-order valence-corrected chi connectivity index (χ4v) is 6.52. The van der Waals surface area contributed by atoms with Crippen LogP contribution in [-0.2, 0) is 6.54 Å². The van der Waals surface area contributed by atoms with Gasteiger partial charge in [-0.1, -0.05) is 23.4 Å². The molecule has 0 spiro atoms. The number of halogens is 17. The van der Waals surface area contributed by atoms with E-state index in [0.29, 0.717) is 40.5 Å². The van der Waals surface area contributed by atoms with Crippen molar-refractivity contribution in [3.8, 4) is 0 Å². The molecule has 0 radical (unpaired) electrons. The molecule has 3 saturated heterocycles. The minimum atomic E-state index is -8.67. The molecular formula is C29H24F17N5O. The maximum atomic E-state index is 14.4. The Bertz CT molecular complexity index is 1760. The van der Waals surface area contributed by atoms with E-state index in [-0.39, 0.29) is 18.2 Å². The molecule has 1 unspecified atom stereocenters. The standard InChI is InChI=1S/C29H24F17N5O/c30-22(31,23(32,33)24(34,35)25(36,37)26(38,39)27(40,41)28(42,43)29(44,45)46)7-10-51-13-19(48-49-51)17-12-50-9-6-14(17)11-20(50)21(52)16-5-8-47-18-4-2-1-3-15(16)18/h1-5,8,13-14,17,20-21,52H,6-7,9-12H2/t14-,17-,20-,21+/m0/s1. The topological polar surface area (TPSA) is 67.1 Å². The van der Waals surface area contributed by atoms with E-state index in [0.717, 1.165) is 6.20 Å². The van der Waals surface area contributed by atoms with Gasteiger partial charge in [-0.3, -0.25) is 14.6 Å². The molecule has 1 N–H and O–H groups in total. The van der Waals surface area contributed by atoms with Gasteiger partial charge in [-0.25, -0.2) is 0 Å². The van der Waals surface area contributed by atoms with Gasteiger partial charge in [0.2, 0.25) is 0 Å². The molecule has 0 saturated carbocycles. The summed E-state index contributed by atoms with van der Waals surface area (Å²) in [6.45, 7) is -0.831. The monoisotopic (exact) mass is 781 g/mol. The number of nitrogens with zero attached hydrogens (tertiary/aromatic N) is 5. The summed E-state index contributed by atoms with van der Waals surface area (Å²) in [5.74, 6) is -57.3. The van der Waals surface area contributed by atoms with Gasteiger partial charge in [-0.05, 0) is 43.0 Å². The fraction of sp³-hybridized carbons (Fsp3) is 0.621. The third-order valence-electron chi connectivity index (χ3n) is 9.54. The normalized spacial score (nSPS) is 23.3. The molecular weight excluding hydrogens is 757 g/mol. The third kappa shape index (κ3) is 5.83. The van der Waals surface area contributed by atoms with Gasteiger partial charge in [0.05, 0.1) is 17.3 Å². The Hall–Kier alpha value is -3.50. The number of aliphatic hydroxyl groups is 1. The smallest absolute Gasteiger partial charge is 0.387 e. The number of aromatic nitrogens is 4. The van der Waals surface area contributed by atoms with Crippen LogP contribution < -0.4 is 0 Å². The lowest BCUT2D eigenvalue weighted by Crippen LogP contribution is -2.74. The summed E-state index contributed by atoms with van der Waals surface area (Å²) >= 11 is 0. The summed E-state index contributed by atoms with van der Waals surface area (Å²) in [5.41, 5.74) is 1.30. The predicted molar refractivity (Wildman–Crippen MR) is 143 cm³/mol. The summed E-state index contributed by atoms with van der Waals surface area (Å²) in [7, 11) is 0. The Morgan fingerprint density at radius 1 is 0.750 bits per heavy atom. The maximum Gasteiger partial charge on any atom is 0.460 e. The van der Waals surface area contributed by atoms with Gasteiger partial charge < -0.3 is 5.11 Å². The van der Waals surface area contributed by atoms with Crippen molar-refractivity contribution in [2.24, 2.45) is 5.92 Å². The van der Waals surface area contributed by atoms with Crippen LogP contribution in [0.15, 0.2) is 42.7 Å². The van der Waals surface area contributed by atoms with Crippen molar-refractivity contribution in [2.75, 3.05) is 13.1 Å². The molecule has 52 heavy (non-hydrogen) atoms. The number of hydrogen-bond donors (Lipinski definition) is 1. The molecule has 3 aromatic rings. The molecule has 3 fully saturated rings. The number of benzene rings is 1. The molecule has 3 aliphatic heterocycles. The summed E-state index contributed by atoms with van der Waals surface area (Å²) in [4.78, 5) is 6.16. The molecule has 0 amide bonds. The van der Waals surface area contributed by atoms with E-state index in [1.165, 1.54) is 6.20 Å². The first kappa shape index (κ1) is 39.7. The second-order valence-electron chi connectivity index (χ2n) is 12.6. The SMILES string of the molecule is O[C@H](c1ccnc2ccccc12)[C@@H]1C[C@@H]2CCN1C[C@@H]2c1cn(CCC(F)(F)C(F)(F)C(F)(F)C(F)(F)C(F)(F)C(F)(F)C(F)(F)C(F)(F)F)nn1. The molecule has 5 atom stereocenters. The van der Waals surface area contributed by atoms with Gasteiger partial charge in [0.15, 0.2) is 0 Å². The van der Waals surface area contributed by atoms with Crippen molar-refractivity contribution in [3.05, 3.63) is 54.0 Å². The number of aliphatic hydroxyl groups excluding tert-OH is 1. The van der Waals surface area contributed by atoms with Crippen LogP contribution in [0.2, 0.25) is 0 Å². The van der Waals surface area contributed by atoms with Crippen molar-refractivity contribution in [3.63, 3.8) is 0 Å². The Morgan fingerprint density at radius 2 is 1.33 bits per heavy atom. The lowest BCUT2D eigenvalue weighted by atomic mass is 9.72. The zero-order valence-electron chi connectivity index (χ0n) is 25.7. The largest absolute Gasteiger partial charge is 0.460 e. The highest BCUT2D eigenvalue weighted by Gasteiger charge is 2.95. The van der Waals surface area contributed by atoms with E-state index in [1.54, 1.807) is 30.3 Å². The molecule has 3 aliphatic rings. The van der Waals surface area contributed by atoms with Crippen LogP contribution >= 0.6 is 0 Å². The Labute approximate surface area is 280 Å². The average molecular weight is 782 g/mol. The first-order valence-electron chi connectivity index (χ1n) is 15.0. The summed E-state index contributed by atoms with van der Waals surface area (Å²) in [6, 6.07) is 8.31. The number of alkyl halides is 17. The van der Waals surface area contributed by atoms with Crippen LogP contribution in [-0.4, -0.2) is 96.7 Å². The number of para-hydroxylation sites is 1. The second kappa shape index (κ2) is 12.5. The van der Waals surface area contributed by atoms with E-state index < -0.39 is 78.7 Å². The zero-order valence-corrected chi connectivity index (χ0v) is 25.7. The number of piperidine rings is 3. The highest BCUT2D eigenvalue weighted by molar-refractivity contribution is 5.82. The zero-order chi connectivity index (χ0) is 39.1. The van der Waals surface area contributed by atoms with E-state index in [1.807, 2.05) is 4.90 Å². The average Bonchev–Trinajstić information content (AvgIpc) is 3.55. The summed E-state index contributed by atoms with van der Waals surface area (Å²) in [6.07, 6.45) is -8.06. The quantitative estimate of drug-likeness (QED) is 0.188. The number of rotatable bonds is 12. The highest BCUT2D eigenvalue weighted by Crippen LogP contribution is 2.64. The first-order valence-corrected chi connectivity index (χ1v) is 15.0. The highest BCUT2D eigenvalue weighted by atomic mass is 19.4. The molecule has 2 aromatic heterocycles. The van der Waals surface area contributed by atoms with E-state index in [2.05, 4.69) is 15.3 Å². The van der Waals surface area contributed by atoms with Crippen LogP contribution in [0.1, 0.15) is 42.5 Å². The lowest BCUT2D eigenvalue weighted by Gasteiger charge is -2.50. The van der Waals surface area contributed by atoms with E-state index >= 15 is 0 Å². The lowest BCUT2D eigenvalue weighted by molar-refractivity contribution is -0.461. The molecule has 290 valence electrons. The van der Waals surface area contributed by atoms with Crippen LogP contribution in [0.3, 0.4) is 0 Å². The van der Waals surface area contributed by atoms with Gasteiger partial charge in [-0.2, -0.15) is 74.6 Å². The number of fused-ring (bicyclic) bond motifs is 4. The van der Waals surface area contributed by atoms with Crippen molar-refractivity contribution >= 4 is 10.9 Å². The molecule has 2 bridgehead atoms. The number of hydrogen-bond acceptors (Lipinski definition) is 5. The van der Waals surface area contributed by atoms with E-state index in [4.69, 9.17) is 0 Å². The number of aryl methyl sites for hydroxylation is 1. The van der Waals surface area contributed by atoms with Gasteiger partial charge in [-0.15, -0.1) is 5.10 Å². The molecule has 1 aromatic carbocycles. The summed E-state index contributed by atoms with van der Waals surface area (Å²) in [5, 5.41) is 19.2. The van der Waals surface area contributed by atoms with Gasteiger partial charge in [0, 0.05) is 49.2 Å². The molecule has 6 nitrogen and oxygen atoms in total. The van der Waals surface area contributed by atoms with Crippen molar-refractivity contribution in [1.82, 2.24) is 24.9 Å². The van der Waals surface area contributed by atoms with Gasteiger partial charge in [0.25, 0.3) is 0 Å². The Balaban J connectivity index is 1.29. The predicted octanol–water partition coefficient (Wildman–Crippen LogP) is 8.14. The van der Waals surface area contributed by atoms with Gasteiger partial charge in [0.1, 0.15) is 0 Å². The Kier molecular flexibility index (Phi) is 9.57. The van der Waals surface area contributed by atoms with E-state index in [9.17, 15) is 79.7 Å². The van der Waals surface area contributed by atoms with Crippen molar-refractivity contribution in [1.29, 1.82) is 0 Å². The van der Waals surface area contributed by atoms with Gasteiger partial charge >= 0.3 is 47.6 Å². The molecule has 23 heteroatoms. The minimum absolute atomic E-state index is 0.0661. The first-order chi connectivity index (χ1) is 23.6. The Morgan fingerprint density at radius 3 is 1.90 bits per heavy atom. The summed E-state index contributed by atoms with van der Waals surface area (Å²) < 4.78 is 231. The second-order valence-corrected chi connectivity index (χ2v) is 12.6. The molecule has 6 rings (SSSR count). The fourth-order valence-electron chi connectivity index (χ4n) is 6.52. The molecule has 0 aliphatic carbocycles. The van der Waals surface area contributed by atoms with Crippen molar-refractivity contribution < 1.29 is 79.7 Å². The minimum Gasteiger partial charge on any atom is -0.387 e. The van der Waals surface area contributed by atoms with Crippen LogP contribution in [0.25, 0.3) is 10.9 Å². The van der Waals surface area contributed by atoms with Crippen LogP contribution in [0, 0.1) is 5.92 Å². The number of pyridine rings is 1. The maximum absolute atomic E-state index is 14.4. The van der Waals surface area contributed by atoms with Crippen molar-refractivity contribution in [2.45, 2.75) is 91.5 Å². The van der Waals surface area contributed by atoms with Crippen LogP contribution in [0.4, 0.5) is 74.6 Å². The molecule has 5 heterocycles. The van der Waals surface area contributed by atoms with Crippen LogP contribution in [0.5, 0.6) is 0 Å².